The Labute approximate surface area is 128 Å². The van der Waals surface area contributed by atoms with Gasteiger partial charge in [0.1, 0.15) is 5.75 Å². The highest BCUT2D eigenvalue weighted by molar-refractivity contribution is 6.05. The summed E-state index contributed by atoms with van der Waals surface area (Å²) in [5, 5.41) is 4.73. The lowest BCUT2D eigenvalue weighted by Crippen LogP contribution is -2.56. The lowest BCUT2D eigenvalue weighted by molar-refractivity contribution is -0.128. The van der Waals surface area contributed by atoms with Crippen LogP contribution in [0, 0.1) is 0 Å². The number of benzene rings is 1. The van der Waals surface area contributed by atoms with Crippen LogP contribution in [0.15, 0.2) is 24.3 Å². The van der Waals surface area contributed by atoms with E-state index in [1.54, 1.807) is 14.0 Å². The van der Waals surface area contributed by atoms with Crippen molar-refractivity contribution in [3.8, 4) is 5.75 Å². The molecule has 0 bridgehead atoms. The molecule has 6 N–H and O–H groups in total. The summed E-state index contributed by atoms with van der Waals surface area (Å²) in [6.07, 6.45) is 0.509. The summed E-state index contributed by atoms with van der Waals surface area (Å²) in [6.45, 7) is 1.77. The van der Waals surface area contributed by atoms with Crippen molar-refractivity contribution < 1.29 is 19.1 Å². The van der Waals surface area contributed by atoms with Crippen molar-refractivity contribution in [2.24, 2.45) is 11.5 Å². The van der Waals surface area contributed by atoms with Crippen LogP contribution in [0.4, 0.5) is 4.79 Å². The van der Waals surface area contributed by atoms with E-state index in [0.29, 0.717) is 12.2 Å². The molecule has 0 heterocycles. The summed E-state index contributed by atoms with van der Waals surface area (Å²) < 4.78 is 5.23. The first-order chi connectivity index (χ1) is 10.3. The maximum atomic E-state index is 11.7. The third-order valence-corrected chi connectivity index (χ3v) is 2.94. The van der Waals surface area contributed by atoms with Gasteiger partial charge in [-0.15, -0.1) is 0 Å². The molecule has 0 saturated heterocycles. The summed E-state index contributed by atoms with van der Waals surface area (Å²) in [5.74, 6) is -1.32. The fourth-order valence-electron chi connectivity index (χ4n) is 1.93. The van der Waals surface area contributed by atoms with E-state index in [2.05, 4.69) is 10.6 Å². The van der Waals surface area contributed by atoms with Crippen LogP contribution in [-0.2, 0) is 16.0 Å². The summed E-state index contributed by atoms with van der Waals surface area (Å²) in [5.41, 5.74) is 10.9. The Morgan fingerprint density at radius 3 is 2.27 bits per heavy atom. The van der Waals surface area contributed by atoms with E-state index in [-0.39, 0.29) is 6.04 Å². The van der Waals surface area contributed by atoms with E-state index in [1.165, 1.54) is 0 Å². The molecule has 1 aromatic rings. The topological polar surface area (TPSA) is 137 Å². The van der Waals surface area contributed by atoms with Crippen molar-refractivity contribution in [2.75, 3.05) is 7.11 Å². The van der Waals surface area contributed by atoms with Crippen molar-refractivity contribution in [2.45, 2.75) is 25.4 Å². The van der Waals surface area contributed by atoms with Crippen molar-refractivity contribution in [3.05, 3.63) is 29.8 Å². The number of urea groups is 1. The van der Waals surface area contributed by atoms with Gasteiger partial charge in [-0.25, -0.2) is 4.79 Å². The Balaban J connectivity index is 2.61. The molecule has 8 nitrogen and oxygen atoms in total. The van der Waals surface area contributed by atoms with Gasteiger partial charge in [0.2, 0.25) is 11.8 Å². The maximum absolute atomic E-state index is 11.7. The van der Waals surface area contributed by atoms with Gasteiger partial charge in [-0.05, 0) is 25.0 Å². The fraction of sp³-hybridized carbons (Fsp3) is 0.357. The maximum Gasteiger partial charge on any atom is 0.316 e. The summed E-state index contributed by atoms with van der Waals surface area (Å²) >= 11 is 0. The predicted molar refractivity (Wildman–Crippen MR) is 80.0 cm³/mol. The second-order valence-electron chi connectivity index (χ2n) is 4.77. The standard InChI is InChI=1S/C14H20N4O4/c1-8(7-9-5-3-4-6-10(9)22-2)17-14(21)18-11(12(15)19)13(16)20/h3-6,8,11H,7H2,1-2H3,(H2,15,19)(H2,16,20)(H2,17,18,21)/t8-/m1/s1. The van der Waals surface area contributed by atoms with Crippen molar-refractivity contribution >= 4 is 17.8 Å². The number of primary amides is 2. The Morgan fingerprint density at radius 2 is 1.73 bits per heavy atom. The zero-order valence-corrected chi connectivity index (χ0v) is 12.5. The summed E-state index contributed by atoms with van der Waals surface area (Å²) in [7, 11) is 1.56. The third-order valence-electron chi connectivity index (χ3n) is 2.94. The van der Waals surface area contributed by atoms with Crippen LogP contribution in [0.25, 0.3) is 0 Å². The highest BCUT2D eigenvalue weighted by Crippen LogP contribution is 2.18. The molecule has 1 rings (SSSR count). The van der Waals surface area contributed by atoms with Gasteiger partial charge in [0, 0.05) is 6.04 Å². The Bertz CT molecular complexity index is 548. The predicted octanol–water partition coefficient (Wildman–Crippen LogP) is -0.735. The molecule has 8 heteroatoms. The van der Waals surface area contributed by atoms with Crippen LogP contribution in [0.5, 0.6) is 5.75 Å². The largest absolute Gasteiger partial charge is 0.496 e. The van der Waals surface area contributed by atoms with E-state index in [1.807, 2.05) is 24.3 Å². The van der Waals surface area contributed by atoms with Crippen molar-refractivity contribution in [3.63, 3.8) is 0 Å². The molecule has 0 unspecified atom stereocenters. The zero-order chi connectivity index (χ0) is 16.7. The first kappa shape index (κ1) is 17.3. The monoisotopic (exact) mass is 308 g/mol. The average Bonchev–Trinajstić information content (AvgIpc) is 2.44. The van der Waals surface area contributed by atoms with E-state index < -0.39 is 23.9 Å². The number of hydrogen-bond donors (Lipinski definition) is 4. The fourth-order valence-corrected chi connectivity index (χ4v) is 1.93. The van der Waals surface area contributed by atoms with E-state index in [4.69, 9.17) is 16.2 Å². The summed E-state index contributed by atoms with van der Waals surface area (Å²) in [4.78, 5) is 33.7. The normalized spacial score (nSPS) is 11.6. The lowest BCUT2D eigenvalue weighted by atomic mass is 10.1. The molecule has 120 valence electrons. The van der Waals surface area contributed by atoms with Gasteiger partial charge in [-0.2, -0.15) is 0 Å². The highest BCUT2D eigenvalue weighted by Gasteiger charge is 2.24. The number of amides is 4. The number of methoxy groups -OCH3 is 1. The molecule has 0 aliphatic carbocycles. The van der Waals surface area contributed by atoms with Crippen LogP contribution >= 0.6 is 0 Å². The molecule has 0 aliphatic rings. The minimum absolute atomic E-state index is 0.266. The van der Waals surface area contributed by atoms with E-state index in [0.717, 1.165) is 5.56 Å². The van der Waals surface area contributed by atoms with Crippen LogP contribution in [0.3, 0.4) is 0 Å². The second-order valence-corrected chi connectivity index (χ2v) is 4.77. The molecule has 0 fully saturated rings. The molecule has 0 spiro atoms. The highest BCUT2D eigenvalue weighted by atomic mass is 16.5. The second kappa shape index (κ2) is 7.87. The van der Waals surface area contributed by atoms with Crippen molar-refractivity contribution in [1.82, 2.24) is 10.6 Å². The molecule has 1 aromatic carbocycles. The van der Waals surface area contributed by atoms with Crippen LogP contribution in [-0.4, -0.2) is 37.0 Å². The Kier molecular flexibility index (Phi) is 6.18. The SMILES string of the molecule is COc1ccccc1C[C@@H](C)NC(=O)NC(C(N)=O)C(N)=O. The number of carbonyl (C=O) groups is 3. The molecule has 22 heavy (non-hydrogen) atoms. The van der Waals surface area contributed by atoms with Gasteiger partial charge in [-0.1, -0.05) is 18.2 Å². The molecule has 0 aliphatic heterocycles. The van der Waals surface area contributed by atoms with Gasteiger partial charge in [0.25, 0.3) is 0 Å². The number of ether oxygens (including phenoxy) is 1. The number of nitrogens with one attached hydrogen (secondary N) is 2. The Morgan fingerprint density at radius 1 is 1.14 bits per heavy atom. The van der Waals surface area contributed by atoms with Gasteiger partial charge >= 0.3 is 6.03 Å². The van der Waals surface area contributed by atoms with Gasteiger partial charge < -0.3 is 26.8 Å². The van der Waals surface area contributed by atoms with Gasteiger partial charge in [0.15, 0.2) is 6.04 Å². The molecule has 0 radical (unpaired) electrons. The van der Waals surface area contributed by atoms with E-state index >= 15 is 0 Å². The number of rotatable bonds is 7. The van der Waals surface area contributed by atoms with Gasteiger partial charge in [0.05, 0.1) is 7.11 Å². The molecule has 0 saturated carbocycles. The molecule has 4 amide bonds. The number of para-hydroxylation sites is 1. The zero-order valence-electron chi connectivity index (χ0n) is 12.5. The summed E-state index contributed by atoms with van der Waals surface area (Å²) in [6, 6.07) is 4.89. The smallest absolute Gasteiger partial charge is 0.316 e. The van der Waals surface area contributed by atoms with Crippen LogP contribution in [0.1, 0.15) is 12.5 Å². The number of nitrogens with two attached hydrogens (primary N) is 2. The van der Waals surface area contributed by atoms with Gasteiger partial charge in [-0.3, -0.25) is 9.59 Å². The lowest BCUT2D eigenvalue weighted by Gasteiger charge is -2.18. The van der Waals surface area contributed by atoms with E-state index in [9.17, 15) is 14.4 Å². The quantitative estimate of drug-likeness (QED) is 0.493. The van der Waals surface area contributed by atoms with Crippen LogP contribution < -0.4 is 26.8 Å². The molecular formula is C14H20N4O4. The Hall–Kier alpha value is -2.77. The molecular weight excluding hydrogens is 288 g/mol. The third kappa shape index (κ3) is 4.97. The number of hydrogen-bond acceptors (Lipinski definition) is 4. The van der Waals surface area contributed by atoms with Crippen molar-refractivity contribution in [1.29, 1.82) is 0 Å². The minimum Gasteiger partial charge on any atom is -0.496 e. The molecule has 0 aromatic heterocycles. The first-order valence-corrected chi connectivity index (χ1v) is 6.62. The number of carbonyl (C=O) groups excluding carboxylic acids is 3. The minimum atomic E-state index is -1.54. The first-order valence-electron chi connectivity index (χ1n) is 6.62. The van der Waals surface area contributed by atoms with Crippen LogP contribution in [0.2, 0.25) is 0 Å². The molecule has 1 atom stereocenters. The average molecular weight is 308 g/mol.